The van der Waals surface area contributed by atoms with Gasteiger partial charge in [-0.25, -0.2) is 9.97 Å². The number of carbonyl (C=O) groups is 1. The van der Waals surface area contributed by atoms with E-state index in [9.17, 15) is 4.79 Å². The monoisotopic (exact) mass is 454 g/mol. The number of nitrogens with zero attached hydrogens (tertiary/aromatic N) is 4. The lowest BCUT2D eigenvalue weighted by atomic mass is 10.1. The molecule has 2 heterocycles. The Kier molecular flexibility index (Phi) is 6.53. The van der Waals surface area contributed by atoms with Crippen molar-refractivity contribution in [2.24, 2.45) is 0 Å². The van der Waals surface area contributed by atoms with E-state index >= 15 is 0 Å². The second kappa shape index (κ2) is 10.0. The van der Waals surface area contributed by atoms with Crippen LogP contribution < -0.4 is 4.90 Å². The summed E-state index contributed by atoms with van der Waals surface area (Å²) < 4.78 is 0. The molecule has 0 atom stereocenters. The van der Waals surface area contributed by atoms with E-state index in [0.29, 0.717) is 12.2 Å². The first-order chi connectivity index (χ1) is 16.3. The number of piperazine rings is 1. The lowest BCUT2D eigenvalue weighted by Crippen LogP contribution is -2.49. The molecule has 1 aliphatic heterocycles. The number of anilines is 1. The molecule has 0 saturated carbocycles. The van der Waals surface area contributed by atoms with Gasteiger partial charge in [0, 0.05) is 38.3 Å². The van der Waals surface area contributed by atoms with Crippen LogP contribution in [0.4, 0.5) is 5.69 Å². The maximum Gasteiger partial charge on any atom is 0.233 e. The lowest BCUT2D eigenvalue weighted by Gasteiger charge is -2.36. The van der Waals surface area contributed by atoms with Crippen molar-refractivity contribution in [1.82, 2.24) is 14.9 Å². The van der Waals surface area contributed by atoms with Crippen molar-refractivity contribution in [1.29, 1.82) is 0 Å². The van der Waals surface area contributed by atoms with E-state index in [1.54, 1.807) is 0 Å². The van der Waals surface area contributed by atoms with Gasteiger partial charge in [0.15, 0.2) is 0 Å². The lowest BCUT2D eigenvalue weighted by molar-refractivity contribution is -0.128. The van der Waals surface area contributed by atoms with Crippen LogP contribution in [0.25, 0.3) is 11.0 Å². The summed E-state index contributed by atoms with van der Waals surface area (Å²) >= 11 is 1.50. The van der Waals surface area contributed by atoms with Crippen LogP contribution in [-0.4, -0.2) is 52.7 Å². The number of amides is 1. The number of hydrogen-bond donors (Lipinski definition) is 0. The fourth-order valence-corrected chi connectivity index (χ4v) is 5.00. The van der Waals surface area contributed by atoms with Crippen molar-refractivity contribution in [2.75, 3.05) is 36.8 Å². The maximum atomic E-state index is 13.0. The quantitative estimate of drug-likeness (QED) is 0.397. The average Bonchev–Trinajstić information content (AvgIpc) is 2.88. The Morgan fingerprint density at radius 1 is 0.758 bits per heavy atom. The standard InChI is InChI=1S/C27H26N4OS/c32-26(31-17-15-30(16-18-31)22-11-5-2-6-12-22)20-33-27-25(19-21-9-3-1-4-10-21)28-23-13-7-8-14-24(23)29-27/h1-14H,15-20H2. The van der Waals surface area contributed by atoms with Gasteiger partial charge < -0.3 is 9.80 Å². The molecule has 0 N–H and O–H groups in total. The molecular weight excluding hydrogens is 428 g/mol. The number of benzene rings is 3. The number of carbonyl (C=O) groups excluding carboxylic acids is 1. The number of thioether (sulfide) groups is 1. The second-order valence-corrected chi connectivity index (χ2v) is 9.08. The highest BCUT2D eigenvalue weighted by Gasteiger charge is 2.22. The molecule has 166 valence electrons. The highest BCUT2D eigenvalue weighted by molar-refractivity contribution is 7.99. The zero-order chi connectivity index (χ0) is 22.5. The minimum Gasteiger partial charge on any atom is -0.368 e. The van der Waals surface area contributed by atoms with Crippen molar-refractivity contribution in [3.63, 3.8) is 0 Å². The molecule has 1 aliphatic rings. The fraction of sp³-hybridized carbons (Fsp3) is 0.222. The molecule has 1 amide bonds. The Labute approximate surface area is 198 Å². The highest BCUT2D eigenvalue weighted by Crippen LogP contribution is 2.25. The van der Waals surface area contributed by atoms with E-state index in [2.05, 4.69) is 41.3 Å². The smallest absolute Gasteiger partial charge is 0.233 e. The van der Waals surface area contributed by atoms with Gasteiger partial charge in [-0.2, -0.15) is 0 Å². The highest BCUT2D eigenvalue weighted by atomic mass is 32.2. The van der Waals surface area contributed by atoms with Crippen molar-refractivity contribution in [3.8, 4) is 0 Å². The van der Waals surface area contributed by atoms with Crippen LogP contribution in [0.1, 0.15) is 11.3 Å². The predicted octanol–water partition coefficient (Wildman–Crippen LogP) is 4.66. The predicted molar refractivity (Wildman–Crippen MR) is 135 cm³/mol. The second-order valence-electron chi connectivity index (χ2n) is 8.12. The Hall–Kier alpha value is -3.38. The molecule has 0 unspecified atom stereocenters. The number of fused-ring (bicyclic) bond motifs is 1. The van der Waals surface area contributed by atoms with E-state index in [-0.39, 0.29) is 5.91 Å². The first kappa shape index (κ1) is 21.5. The Morgan fingerprint density at radius 2 is 1.36 bits per heavy atom. The molecule has 1 saturated heterocycles. The molecule has 1 aromatic heterocycles. The van der Waals surface area contributed by atoms with Crippen LogP contribution in [0.3, 0.4) is 0 Å². The Morgan fingerprint density at radius 3 is 2.06 bits per heavy atom. The topological polar surface area (TPSA) is 49.3 Å². The van der Waals surface area contributed by atoms with E-state index < -0.39 is 0 Å². The van der Waals surface area contributed by atoms with E-state index in [1.807, 2.05) is 53.4 Å². The summed E-state index contributed by atoms with van der Waals surface area (Å²) in [6.07, 6.45) is 0.699. The molecule has 1 fully saturated rings. The third kappa shape index (κ3) is 5.17. The van der Waals surface area contributed by atoms with E-state index in [4.69, 9.17) is 9.97 Å². The average molecular weight is 455 g/mol. The van der Waals surface area contributed by atoms with Crippen LogP contribution >= 0.6 is 11.8 Å². The molecule has 0 bridgehead atoms. The van der Waals surface area contributed by atoms with Gasteiger partial charge in [-0.3, -0.25) is 4.79 Å². The van der Waals surface area contributed by atoms with Crippen molar-refractivity contribution >= 4 is 34.4 Å². The summed E-state index contributed by atoms with van der Waals surface area (Å²) in [5.74, 6) is 0.536. The minimum absolute atomic E-state index is 0.160. The molecule has 5 rings (SSSR count). The maximum absolute atomic E-state index is 13.0. The first-order valence-electron chi connectivity index (χ1n) is 11.3. The van der Waals surface area contributed by atoms with Gasteiger partial charge in [-0.1, -0.05) is 72.4 Å². The molecule has 33 heavy (non-hydrogen) atoms. The van der Waals surface area contributed by atoms with Gasteiger partial charge in [0.25, 0.3) is 0 Å². The number of aromatic nitrogens is 2. The van der Waals surface area contributed by atoms with E-state index in [1.165, 1.54) is 23.0 Å². The molecule has 0 spiro atoms. The molecule has 5 nitrogen and oxygen atoms in total. The summed E-state index contributed by atoms with van der Waals surface area (Å²) in [6, 6.07) is 28.6. The largest absolute Gasteiger partial charge is 0.368 e. The normalized spacial score (nSPS) is 13.9. The summed E-state index contributed by atoms with van der Waals surface area (Å²) in [6.45, 7) is 3.20. The third-order valence-corrected chi connectivity index (χ3v) is 6.90. The summed E-state index contributed by atoms with van der Waals surface area (Å²) in [4.78, 5) is 27.0. The van der Waals surface area contributed by atoms with E-state index in [0.717, 1.165) is 47.9 Å². The summed E-state index contributed by atoms with van der Waals surface area (Å²) in [7, 11) is 0. The Balaban J connectivity index is 1.27. The zero-order valence-corrected chi connectivity index (χ0v) is 19.2. The molecule has 0 radical (unpaired) electrons. The third-order valence-electron chi connectivity index (χ3n) is 5.91. The van der Waals surface area contributed by atoms with Crippen molar-refractivity contribution in [2.45, 2.75) is 11.4 Å². The molecule has 3 aromatic carbocycles. The summed E-state index contributed by atoms with van der Waals surface area (Å²) in [5.41, 5.74) is 5.08. The van der Waals surface area contributed by atoms with Gasteiger partial charge in [0.05, 0.1) is 22.5 Å². The zero-order valence-electron chi connectivity index (χ0n) is 18.4. The number of para-hydroxylation sites is 3. The first-order valence-corrected chi connectivity index (χ1v) is 12.2. The minimum atomic E-state index is 0.160. The molecule has 6 heteroatoms. The van der Waals surface area contributed by atoms with Crippen LogP contribution in [0, 0.1) is 0 Å². The van der Waals surface area contributed by atoms with Crippen LogP contribution in [-0.2, 0) is 11.2 Å². The van der Waals surface area contributed by atoms with Gasteiger partial charge in [-0.05, 0) is 29.8 Å². The van der Waals surface area contributed by atoms with Crippen LogP contribution in [0.5, 0.6) is 0 Å². The van der Waals surface area contributed by atoms with Crippen LogP contribution in [0.2, 0.25) is 0 Å². The van der Waals surface area contributed by atoms with Gasteiger partial charge in [0.2, 0.25) is 5.91 Å². The number of hydrogen-bond acceptors (Lipinski definition) is 5. The molecule has 0 aliphatic carbocycles. The van der Waals surface area contributed by atoms with Gasteiger partial charge in [-0.15, -0.1) is 0 Å². The number of rotatable bonds is 6. The van der Waals surface area contributed by atoms with Crippen molar-refractivity contribution in [3.05, 3.63) is 96.2 Å². The molecule has 4 aromatic rings. The molecular formula is C27H26N4OS. The fourth-order valence-electron chi connectivity index (χ4n) is 4.11. The summed E-state index contributed by atoms with van der Waals surface area (Å²) in [5, 5.41) is 0.842. The van der Waals surface area contributed by atoms with Crippen LogP contribution in [0.15, 0.2) is 90.0 Å². The van der Waals surface area contributed by atoms with Gasteiger partial charge >= 0.3 is 0 Å². The SMILES string of the molecule is O=C(CSc1nc2ccccc2nc1Cc1ccccc1)N1CCN(c2ccccc2)CC1. The van der Waals surface area contributed by atoms with Crippen molar-refractivity contribution < 1.29 is 4.79 Å². The Bertz CT molecular complexity index is 1220. The van der Waals surface area contributed by atoms with Gasteiger partial charge in [0.1, 0.15) is 5.03 Å².